The van der Waals surface area contributed by atoms with Gasteiger partial charge in [0.15, 0.2) is 0 Å². The van der Waals surface area contributed by atoms with E-state index in [0.717, 1.165) is 26.2 Å². The van der Waals surface area contributed by atoms with Crippen LogP contribution in [0.4, 0.5) is 0 Å². The van der Waals surface area contributed by atoms with Crippen molar-refractivity contribution < 1.29 is 5.11 Å². The summed E-state index contributed by atoms with van der Waals surface area (Å²) in [5.74, 6) is 0. The zero-order valence-corrected chi connectivity index (χ0v) is 7.92. The molecule has 1 atom stereocenters. The van der Waals surface area contributed by atoms with Crippen LogP contribution in [0.25, 0.3) is 0 Å². The van der Waals surface area contributed by atoms with Crippen molar-refractivity contribution in [3.8, 4) is 0 Å². The van der Waals surface area contributed by atoms with Gasteiger partial charge in [0.2, 0.25) is 0 Å². The summed E-state index contributed by atoms with van der Waals surface area (Å²) in [6.45, 7) is 6.78. The molecule has 2 N–H and O–H groups in total. The Morgan fingerprint density at radius 3 is 3.08 bits per heavy atom. The predicted octanol–water partition coefficient (Wildman–Crippen LogP) is 0.0526. The Balaban J connectivity index is 2.12. The standard InChI is InChI=1S/C9H20N2O/c1-2-10-5-7-11-6-3-4-9(11)8-12/h9-10,12H,2-8H2,1H3. The Hall–Kier alpha value is -0.120. The Morgan fingerprint density at radius 2 is 2.42 bits per heavy atom. The maximum Gasteiger partial charge on any atom is 0.0586 e. The number of likely N-dealkylation sites (N-methyl/N-ethyl adjacent to an activating group) is 1. The Morgan fingerprint density at radius 1 is 1.58 bits per heavy atom. The van der Waals surface area contributed by atoms with E-state index in [9.17, 15) is 0 Å². The van der Waals surface area contributed by atoms with Crippen LogP contribution in [0.5, 0.6) is 0 Å². The molecule has 0 saturated carbocycles. The first-order valence-corrected chi connectivity index (χ1v) is 4.94. The van der Waals surface area contributed by atoms with Crippen molar-refractivity contribution >= 4 is 0 Å². The van der Waals surface area contributed by atoms with E-state index in [1.807, 2.05) is 0 Å². The van der Waals surface area contributed by atoms with E-state index >= 15 is 0 Å². The molecular formula is C9H20N2O. The molecule has 1 saturated heterocycles. The number of aliphatic hydroxyl groups is 1. The van der Waals surface area contributed by atoms with Gasteiger partial charge >= 0.3 is 0 Å². The molecule has 1 rings (SSSR count). The number of hydrogen-bond donors (Lipinski definition) is 2. The zero-order chi connectivity index (χ0) is 8.81. The van der Waals surface area contributed by atoms with E-state index in [0.29, 0.717) is 12.6 Å². The van der Waals surface area contributed by atoms with Crippen LogP contribution in [0.3, 0.4) is 0 Å². The van der Waals surface area contributed by atoms with E-state index in [1.165, 1.54) is 12.8 Å². The van der Waals surface area contributed by atoms with Crippen LogP contribution in [-0.2, 0) is 0 Å². The summed E-state index contributed by atoms with van der Waals surface area (Å²) in [5.41, 5.74) is 0. The second-order valence-electron chi connectivity index (χ2n) is 3.37. The molecule has 1 aliphatic rings. The van der Waals surface area contributed by atoms with Crippen molar-refractivity contribution in [2.45, 2.75) is 25.8 Å². The van der Waals surface area contributed by atoms with Gasteiger partial charge in [-0.15, -0.1) is 0 Å². The van der Waals surface area contributed by atoms with Gasteiger partial charge in [0, 0.05) is 19.1 Å². The Kier molecular flexibility index (Phi) is 4.58. The third-order valence-corrected chi connectivity index (χ3v) is 2.54. The highest BCUT2D eigenvalue weighted by Crippen LogP contribution is 2.15. The molecule has 3 nitrogen and oxygen atoms in total. The highest BCUT2D eigenvalue weighted by molar-refractivity contribution is 4.78. The lowest BCUT2D eigenvalue weighted by Crippen LogP contribution is -2.37. The van der Waals surface area contributed by atoms with E-state index in [4.69, 9.17) is 5.11 Å². The lowest BCUT2D eigenvalue weighted by Gasteiger charge is -2.22. The summed E-state index contributed by atoms with van der Waals surface area (Å²) in [6, 6.07) is 0.434. The fourth-order valence-electron chi connectivity index (χ4n) is 1.80. The van der Waals surface area contributed by atoms with Gasteiger partial charge < -0.3 is 10.4 Å². The predicted molar refractivity (Wildman–Crippen MR) is 50.2 cm³/mol. The van der Waals surface area contributed by atoms with E-state index in [1.54, 1.807) is 0 Å². The van der Waals surface area contributed by atoms with Crippen LogP contribution >= 0.6 is 0 Å². The Bertz CT molecular complexity index is 119. The molecule has 1 aliphatic heterocycles. The number of likely N-dealkylation sites (tertiary alicyclic amines) is 1. The number of rotatable bonds is 5. The fraction of sp³-hybridized carbons (Fsp3) is 1.00. The molecule has 0 aliphatic carbocycles. The second-order valence-corrected chi connectivity index (χ2v) is 3.37. The molecule has 0 amide bonds. The summed E-state index contributed by atoms with van der Waals surface area (Å²) < 4.78 is 0. The van der Waals surface area contributed by atoms with Crippen molar-refractivity contribution in [2.75, 3.05) is 32.8 Å². The molecular weight excluding hydrogens is 152 g/mol. The van der Waals surface area contributed by atoms with E-state index < -0.39 is 0 Å². The smallest absolute Gasteiger partial charge is 0.0586 e. The van der Waals surface area contributed by atoms with Gasteiger partial charge in [-0.1, -0.05) is 6.92 Å². The normalized spacial score (nSPS) is 25.0. The van der Waals surface area contributed by atoms with Crippen LogP contribution in [0.1, 0.15) is 19.8 Å². The third kappa shape index (κ3) is 2.73. The van der Waals surface area contributed by atoms with Crippen LogP contribution in [0.15, 0.2) is 0 Å². The monoisotopic (exact) mass is 172 g/mol. The molecule has 0 bridgehead atoms. The lowest BCUT2D eigenvalue weighted by molar-refractivity contribution is 0.159. The molecule has 3 heteroatoms. The quantitative estimate of drug-likeness (QED) is 0.575. The minimum atomic E-state index is 0.326. The summed E-state index contributed by atoms with van der Waals surface area (Å²) in [4.78, 5) is 2.38. The van der Waals surface area contributed by atoms with Gasteiger partial charge in [-0.25, -0.2) is 0 Å². The highest BCUT2D eigenvalue weighted by Gasteiger charge is 2.22. The molecule has 0 aromatic carbocycles. The van der Waals surface area contributed by atoms with Crippen LogP contribution < -0.4 is 5.32 Å². The number of nitrogens with one attached hydrogen (secondary N) is 1. The van der Waals surface area contributed by atoms with Crippen molar-refractivity contribution in [1.29, 1.82) is 0 Å². The number of aliphatic hydroxyl groups excluding tert-OH is 1. The van der Waals surface area contributed by atoms with Gasteiger partial charge in [0.05, 0.1) is 6.61 Å². The average molecular weight is 172 g/mol. The van der Waals surface area contributed by atoms with Crippen molar-refractivity contribution in [1.82, 2.24) is 10.2 Å². The average Bonchev–Trinajstić information content (AvgIpc) is 2.52. The topological polar surface area (TPSA) is 35.5 Å². The van der Waals surface area contributed by atoms with Crippen LogP contribution in [0.2, 0.25) is 0 Å². The Labute approximate surface area is 74.8 Å². The van der Waals surface area contributed by atoms with Crippen LogP contribution in [0, 0.1) is 0 Å². The molecule has 0 aromatic rings. The molecule has 0 radical (unpaired) electrons. The van der Waals surface area contributed by atoms with Gasteiger partial charge in [0.1, 0.15) is 0 Å². The minimum Gasteiger partial charge on any atom is -0.395 e. The lowest BCUT2D eigenvalue weighted by atomic mass is 10.2. The number of hydrogen-bond acceptors (Lipinski definition) is 3. The summed E-state index contributed by atoms with van der Waals surface area (Å²) in [7, 11) is 0. The van der Waals surface area contributed by atoms with Crippen molar-refractivity contribution in [2.24, 2.45) is 0 Å². The van der Waals surface area contributed by atoms with Gasteiger partial charge in [0.25, 0.3) is 0 Å². The van der Waals surface area contributed by atoms with Gasteiger partial charge in [-0.3, -0.25) is 4.90 Å². The summed E-state index contributed by atoms with van der Waals surface area (Å²) in [6.07, 6.45) is 2.42. The van der Waals surface area contributed by atoms with Crippen molar-refractivity contribution in [3.05, 3.63) is 0 Å². The maximum atomic E-state index is 9.03. The maximum absolute atomic E-state index is 9.03. The zero-order valence-electron chi connectivity index (χ0n) is 7.92. The van der Waals surface area contributed by atoms with E-state index in [-0.39, 0.29) is 0 Å². The summed E-state index contributed by atoms with van der Waals surface area (Å²) in [5, 5.41) is 12.3. The largest absolute Gasteiger partial charge is 0.395 e. The number of nitrogens with zero attached hydrogens (tertiary/aromatic N) is 1. The first-order valence-electron chi connectivity index (χ1n) is 4.94. The first-order chi connectivity index (χ1) is 5.88. The molecule has 12 heavy (non-hydrogen) atoms. The molecule has 1 unspecified atom stereocenters. The highest BCUT2D eigenvalue weighted by atomic mass is 16.3. The van der Waals surface area contributed by atoms with Crippen molar-refractivity contribution in [3.63, 3.8) is 0 Å². The molecule has 72 valence electrons. The summed E-state index contributed by atoms with van der Waals surface area (Å²) >= 11 is 0. The molecule has 0 spiro atoms. The van der Waals surface area contributed by atoms with Crippen LogP contribution in [-0.4, -0.2) is 48.8 Å². The molecule has 1 heterocycles. The third-order valence-electron chi connectivity index (χ3n) is 2.54. The molecule has 1 fully saturated rings. The minimum absolute atomic E-state index is 0.326. The van der Waals surface area contributed by atoms with Gasteiger partial charge in [-0.05, 0) is 25.9 Å². The van der Waals surface area contributed by atoms with Gasteiger partial charge in [-0.2, -0.15) is 0 Å². The second kappa shape index (κ2) is 5.51. The molecule has 0 aromatic heterocycles. The van der Waals surface area contributed by atoms with E-state index in [2.05, 4.69) is 17.1 Å². The first kappa shape index (κ1) is 9.96. The fourth-order valence-corrected chi connectivity index (χ4v) is 1.80. The SMILES string of the molecule is CCNCCN1CCCC1CO.